The average molecular weight is 489 g/mol. The molecule has 0 radical (unpaired) electrons. The molecule has 8 nitrogen and oxygen atoms in total. The Kier molecular flexibility index (Phi) is 6.24. The Morgan fingerprint density at radius 1 is 1.03 bits per heavy atom. The lowest BCUT2D eigenvalue weighted by Crippen LogP contribution is -2.45. The molecule has 0 amide bonds. The molecule has 2 aromatic carbocycles. The number of hydrogen-bond acceptors (Lipinski definition) is 7. The predicted molar refractivity (Wildman–Crippen MR) is 135 cm³/mol. The summed E-state index contributed by atoms with van der Waals surface area (Å²) in [4.78, 5) is 6.73. The molecule has 0 saturated carbocycles. The third-order valence-corrected chi connectivity index (χ3v) is 6.26. The van der Waals surface area contributed by atoms with E-state index in [9.17, 15) is 0 Å². The van der Waals surface area contributed by atoms with Gasteiger partial charge in [0.25, 0.3) is 5.89 Å². The first-order valence-corrected chi connectivity index (χ1v) is 11.4. The molecule has 0 fully saturated rings. The van der Waals surface area contributed by atoms with Crippen molar-refractivity contribution in [3.8, 4) is 22.9 Å². The number of allylic oxidation sites excluding steroid dienone is 1. The molecule has 4 aromatic rings. The van der Waals surface area contributed by atoms with E-state index in [1.54, 1.807) is 20.5 Å². The lowest BCUT2D eigenvalue weighted by Gasteiger charge is -2.37. The maximum Gasteiger partial charge on any atom is 0.258 e. The standard InChI is InChI=1S/C26H24N4O4S/c1-16-22(25-28-24(29-34-25)18-11-12-20(31-2)21(14-18)32-3)23(17-8-5-4-6-9-17)27-26(35)30(16)15-19-10-7-13-33-19/h4-14,23H,15H2,1-3H3,(H,27,35). The summed E-state index contributed by atoms with van der Waals surface area (Å²) < 4.78 is 22.1. The van der Waals surface area contributed by atoms with Crippen molar-refractivity contribution < 1.29 is 18.4 Å². The van der Waals surface area contributed by atoms with E-state index in [1.165, 1.54) is 0 Å². The third kappa shape index (κ3) is 4.38. The highest BCUT2D eigenvalue weighted by Gasteiger charge is 2.34. The largest absolute Gasteiger partial charge is 0.493 e. The van der Waals surface area contributed by atoms with Crippen molar-refractivity contribution in [2.24, 2.45) is 0 Å². The van der Waals surface area contributed by atoms with E-state index >= 15 is 0 Å². The van der Waals surface area contributed by atoms with Gasteiger partial charge >= 0.3 is 0 Å². The van der Waals surface area contributed by atoms with Crippen LogP contribution < -0.4 is 14.8 Å². The smallest absolute Gasteiger partial charge is 0.258 e. The molecule has 2 aromatic heterocycles. The average Bonchev–Trinajstić information content (AvgIpc) is 3.59. The highest BCUT2D eigenvalue weighted by molar-refractivity contribution is 7.80. The molecule has 35 heavy (non-hydrogen) atoms. The quantitative estimate of drug-likeness (QED) is 0.352. The topological polar surface area (TPSA) is 85.8 Å². The molecule has 1 atom stereocenters. The Balaban J connectivity index is 1.58. The molecule has 1 N–H and O–H groups in total. The Morgan fingerprint density at radius 3 is 2.54 bits per heavy atom. The lowest BCUT2D eigenvalue weighted by atomic mass is 9.95. The maximum atomic E-state index is 5.81. The third-order valence-electron chi connectivity index (χ3n) is 5.92. The van der Waals surface area contributed by atoms with Crippen LogP contribution in [0.1, 0.15) is 30.2 Å². The fourth-order valence-electron chi connectivity index (χ4n) is 4.13. The molecular formula is C26H24N4O4S. The van der Waals surface area contributed by atoms with Gasteiger partial charge in [0.2, 0.25) is 5.82 Å². The van der Waals surface area contributed by atoms with Crippen molar-refractivity contribution in [2.45, 2.75) is 19.5 Å². The van der Waals surface area contributed by atoms with Crippen LogP contribution in [0.25, 0.3) is 17.0 Å². The number of hydrogen-bond donors (Lipinski definition) is 1. The molecule has 0 bridgehead atoms. The summed E-state index contributed by atoms with van der Waals surface area (Å²) in [7, 11) is 3.18. The van der Waals surface area contributed by atoms with Crippen molar-refractivity contribution in [1.82, 2.24) is 20.4 Å². The summed E-state index contributed by atoms with van der Waals surface area (Å²) in [6.45, 7) is 2.48. The first kappa shape index (κ1) is 22.7. The second kappa shape index (κ2) is 9.63. The van der Waals surface area contributed by atoms with Gasteiger partial charge in [-0.3, -0.25) is 0 Å². The predicted octanol–water partition coefficient (Wildman–Crippen LogP) is 5.21. The summed E-state index contributed by atoms with van der Waals surface area (Å²) in [6, 6.07) is 19.1. The zero-order valence-electron chi connectivity index (χ0n) is 19.5. The maximum absolute atomic E-state index is 5.81. The number of aromatic nitrogens is 2. The normalized spacial score (nSPS) is 15.8. The van der Waals surface area contributed by atoms with Gasteiger partial charge in [0.1, 0.15) is 5.76 Å². The minimum atomic E-state index is -0.254. The van der Waals surface area contributed by atoms with E-state index in [0.29, 0.717) is 34.9 Å². The van der Waals surface area contributed by atoms with Gasteiger partial charge in [0.15, 0.2) is 16.6 Å². The molecular weight excluding hydrogens is 464 g/mol. The van der Waals surface area contributed by atoms with Crippen LogP contribution >= 0.6 is 12.2 Å². The number of nitrogens with one attached hydrogen (secondary N) is 1. The second-order valence-corrected chi connectivity index (χ2v) is 8.34. The molecule has 178 valence electrons. The van der Waals surface area contributed by atoms with Gasteiger partial charge < -0.3 is 28.6 Å². The number of furan rings is 1. The number of rotatable bonds is 7. The molecule has 0 saturated heterocycles. The van der Waals surface area contributed by atoms with Crippen LogP contribution in [0.2, 0.25) is 0 Å². The van der Waals surface area contributed by atoms with Crippen molar-refractivity contribution in [3.63, 3.8) is 0 Å². The first-order chi connectivity index (χ1) is 17.1. The van der Waals surface area contributed by atoms with E-state index in [-0.39, 0.29) is 6.04 Å². The van der Waals surface area contributed by atoms with Gasteiger partial charge in [-0.1, -0.05) is 35.5 Å². The SMILES string of the molecule is COc1ccc(-c2noc(C3=C(C)N(Cc4ccco4)C(=S)NC3c3ccccc3)n2)cc1OC. The van der Waals surface area contributed by atoms with E-state index in [0.717, 1.165) is 28.2 Å². The van der Waals surface area contributed by atoms with Crippen LogP contribution in [-0.4, -0.2) is 34.4 Å². The Labute approximate surface area is 208 Å². The number of benzene rings is 2. The highest BCUT2D eigenvalue weighted by Crippen LogP contribution is 2.38. The van der Waals surface area contributed by atoms with Crippen molar-refractivity contribution in [1.29, 1.82) is 0 Å². The number of ether oxygens (including phenoxy) is 2. The monoisotopic (exact) mass is 488 g/mol. The van der Waals surface area contributed by atoms with Crippen molar-refractivity contribution in [2.75, 3.05) is 14.2 Å². The summed E-state index contributed by atoms with van der Waals surface area (Å²) >= 11 is 5.74. The number of methoxy groups -OCH3 is 2. The van der Waals surface area contributed by atoms with Gasteiger partial charge in [-0.25, -0.2) is 0 Å². The molecule has 1 aliphatic rings. The van der Waals surface area contributed by atoms with Crippen molar-refractivity contribution >= 4 is 22.9 Å². The molecule has 1 unspecified atom stereocenters. The number of nitrogens with zero attached hydrogens (tertiary/aromatic N) is 3. The van der Waals surface area contributed by atoms with Crippen LogP contribution in [0.15, 0.2) is 81.6 Å². The van der Waals surface area contributed by atoms with Gasteiger partial charge in [-0.15, -0.1) is 0 Å². The van der Waals surface area contributed by atoms with Crippen molar-refractivity contribution in [3.05, 3.63) is 89.8 Å². The molecule has 5 rings (SSSR count). The summed E-state index contributed by atoms with van der Waals surface area (Å²) in [5, 5.41) is 8.30. The molecule has 1 aliphatic heterocycles. The van der Waals surface area contributed by atoms with Crippen LogP contribution in [-0.2, 0) is 6.54 Å². The molecule has 3 heterocycles. The summed E-state index contributed by atoms with van der Waals surface area (Å²) in [6.07, 6.45) is 1.65. The fraction of sp³-hybridized carbons (Fsp3) is 0.192. The summed E-state index contributed by atoms with van der Waals surface area (Å²) in [5.41, 5.74) is 3.53. The van der Waals surface area contributed by atoms with Crippen LogP contribution in [0.5, 0.6) is 11.5 Å². The van der Waals surface area contributed by atoms with Gasteiger partial charge in [-0.2, -0.15) is 4.98 Å². The van der Waals surface area contributed by atoms with E-state index in [1.807, 2.05) is 72.5 Å². The van der Waals surface area contributed by atoms with Gasteiger partial charge in [-0.05, 0) is 55.0 Å². The zero-order valence-corrected chi connectivity index (χ0v) is 20.3. The zero-order chi connectivity index (χ0) is 24.4. The Bertz CT molecular complexity index is 1370. The fourth-order valence-corrected chi connectivity index (χ4v) is 4.45. The Morgan fingerprint density at radius 2 is 1.83 bits per heavy atom. The first-order valence-electron chi connectivity index (χ1n) is 11.0. The second-order valence-electron chi connectivity index (χ2n) is 7.95. The molecule has 0 aliphatic carbocycles. The van der Waals surface area contributed by atoms with E-state index < -0.39 is 0 Å². The number of thiocarbonyl (C=S) groups is 1. The Hall–Kier alpha value is -4.11. The lowest BCUT2D eigenvalue weighted by molar-refractivity contribution is 0.355. The molecule has 0 spiro atoms. The van der Waals surface area contributed by atoms with Crippen LogP contribution in [0, 0.1) is 0 Å². The van der Waals surface area contributed by atoms with Crippen LogP contribution in [0.4, 0.5) is 0 Å². The minimum absolute atomic E-state index is 0.254. The van der Waals surface area contributed by atoms with Gasteiger partial charge in [0.05, 0.1) is 38.6 Å². The minimum Gasteiger partial charge on any atom is -0.493 e. The van der Waals surface area contributed by atoms with Crippen LogP contribution in [0.3, 0.4) is 0 Å². The highest BCUT2D eigenvalue weighted by atomic mass is 32.1. The summed E-state index contributed by atoms with van der Waals surface area (Å²) in [5.74, 6) is 2.85. The molecule has 9 heteroatoms. The van der Waals surface area contributed by atoms with E-state index in [4.69, 9.17) is 35.6 Å². The van der Waals surface area contributed by atoms with E-state index in [2.05, 4.69) is 10.5 Å². The van der Waals surface area contributed by atoms with Gasteiger partial charge in [0, 0.05) is 11.3 Å².